The van der Waals surface area contributed by atoms with Gasteiger partial charge < -0.3 is 5.11 Å². The van der Waals surface area contributed by atoms with Crippen LogP contribution in [0.15, 0.2) is 47.8 Å². The first-order valence-electron chi connectivity index (χ1n) is 7.80. The van der Waals surface area contributed by atoms with E-state index in [2.05, 4.69) is 10.3 Å². The normalized spacial score (nSPS) is 10.3. The molecular weight excluding hydrogens is 404 g/mol. The molecule has 0 atom stereocenters. The molecule has 0 aliphatic heterocycles. The molecule has 0 aliphatic carbocycles. The fourth-order valence-corrected chi connectivity index (χ4v) is 3.20. The Kier molecular flexibility index (Phi) is 5.27. The van der Waals surface area contributed by atoms with Crippen LogP contribution < -0.4 is 5.32 Å². The van der Waals surface area contributed by atoms with Crippen LogP contribution in [0.4, 0.5) is 16.5 Å². The first-order valence-corrected chi connectivity index (χ1v) is 8.68. The van der Waals surface area contributed by atoms with Gasteiger partial charge in [-0.2, -0.15) is 0 Å². The number of nitrogens with zero attached hydrogens (tertiary/aromatic N) is 3. The van der Waals surface area contributed by atoms with E-state index in [9.17, 15) is 34.9 Å². The molecule has 0 saturated carbocycles. The summed E-state index contributed by atoms with van der Waals surface area (Å²) in [5.74, 6) is -2.47. The molecule has 146 valence electrons. The van der Waals surface area contributed by atoms with Gasteiger partial charge in [0.2, 0.25) is 0 Å². The van der Waals surface area contributed by atoms with Crippen LogP contribution >= 0.6 is 11.3 Å². The molecule has 0 spiro atoms. The second-order valence-corrected chi connectivity index (χ2v) is 6.42. The minimum absolute atomic E-state index is 0.0793. The molecule has 0 saturated heterocycles. The molecular formula is C17H10N4O7S. The quantitative estimate of drug-likeness (QED) is 0.456. The van der Waals surface area contributed by atoms with Crippen molar-refractivity contribution in [3.8, 4) is 11.3 Å². The second-order valence-electron chi connectivity index (χ2n) is 5.56. The summed E-state index contributed by atoms with van der Waals surface area (Å²) >= 11 is 1.04. The number of carboxylic acids is 1. The van der Waals surface area contributed by atoms with Gasteiger partial charge in [0.05, 0.1) is 21.1 Å². The van der Waals surface area contributed by atoms with Gasteiger partial charge in [-0.05, 0) is 18.2 Å². The van der Waals surface area contributed by atoms with Crippen LogP contribution in [-0.4, -0.2) is 31.8 Å². The van der Waals surface area contributed by atoms with Gasteiger partial charge in [-0.25, -0.2) is 9.78 Å². The van der Waals surface area contributed by atoms with E-state index in [0.717, 1.165) is 23.5 Å². The monoisotopic (exact) mass is 414 g/mol. The van der Waals surface area contributed by atoms with Crippen molar-refractivity contribution in [2.24, 2.45) is 0 Å². The average molecular weight is 414 g/mol. The van der Waals surface area contributed by atoms with Gasteiger partial charge in [-0.15, -0.1) is 11.3 Å². The number of rotatable bonds is 6. The van der Waals surface area contributed by atoms with Crippen LogP contribution in [0.2, 0.25) is 0 Å². The zero-order valence-corrected chi connectivity index (χ0v) is 15.1. The van der Waals surface area contributed by atoms with E-state index in [-0.39, 0.29) is 16.4 Å². The SMILES string of the molecule is O=C(Nc1nc(-c2ccc([N+](=O)[O-])cc2)cs1)c1cccc([N+](=O)[O-])c1C(=O)O. The summed E-state index contributed by atoms with van der Waals surface area (Å²) < 4.78 is 0. The standard InChI is InChI=1S/C17H10N4O7S/c22-15(11-2-1-3-13(21(27)28)14(11)16(23)24)19-17-18-12(8-29-17)9-4-6-10(7-5-9)20(25)26/h1-8H,(H,23,24)(H,18,19,22). The maximum atomic E-state index is 12.5. The van der Waals surface area contributed by atoms with Gasteiger partial charge in [0.1, 0.15) is 5.56 Å². The molecule has 2 N–H and O–H groups in total. The molecule has 2 aromatic carbocycles. The highest BCUT2D eigenvalue weighted by atomic mass is 32.1. The number of benzene rings is 2. The zero-order chi connectivity index (χ0) is 21.1. The van der Waals surface area contributed by atoms with Gasteiger partial charge in [-0.1, -0.05) is 6.07 Å². The molecule has 1 aromatic heterocycles. The van der Waals surface area contributed by atoms with E-state index < -0.39 is 33.0 Å². The van der Waals surface area contributed by atoms with Crippen molar-refractivity contribution in [3.05, 3.63) is 79.2 Å². The largest absolute Gasteiger partial charge is 0.477 e. The van der Waals surface area contributed by atoms with E-state index in [1.54, 1.807) is 5.38 Å². The van der Waals surface area contributed by atoms with E-state index in [1.165, 1.54) is 30.3 Å². The Morgan fingerprint density at radius 1 is 1.03 bits per heavy atom. The highest BCUT2D eigenvalue weighted by molar-refractivity contribution is 7.14. The summed E-state index contributed by atoms with van der Waals surface area (Å²) in [6.07, 6.45) is 0. The number of nitro groups is 2. The van der Waals surface area contributed by atoms with Crippen LogP contribution in [0, 0.1) is 20.2 Å². The summed E-state index contributed by atoms with van der Waals surface area (Å²) in [6, 6.07) is 9.00. The molecule has 1 heterocycles. The maximum absolute atomic E-state index is 12.5. The minimum atomic E-state index is -1.60. The Morgan fingerprint density at radius 2 is 1.72 bits per heavy atom. The number of nitro benzene ring substituents is 2. The third kappa shape index (κ3) is 4.06. The molecule has 12 heteroatoms. The summed E-state index contributed by atoms with van der Waals surface area (Å²) in [6.45, 7) is 0. The fraction of sp³-hybridized carbons (Fsp3) is 0. The van der Waals surface area contributed by atoms with Crippen LogP contribution in [0.5, 0.6) is 0 Å². The highest BCUT2D eigenvalue weighted by Crippen LogP contribution is 2.28. The Morgan fingerprint density at radius 3 is 2.31 bits per heavy atom. The van der Waals surface area contributed by atoms with E-state index in [1.807, 2.05) is 0 Å². The Bertz CT molecular complexity index is 1140. The first kappa shape index (κ1) is 19.6. The molecule has 3 rings (SSSR count). The summed E-state index contributed by atoms with van der Waals surface area (Å²) in [4.78, 5) is 48.4. The zero-order valence-electron chi connectivity index (χ0n) is 14.3. The molecule has 0 fully saturated rings. The lowest BCUT2D eigenvalue weighted by Crippen LogP contribution is -2.17. The summed E-state index contributed by atoms with van der Waals surface area (Å²) in [5.41, 5.74) is -0.854. The lowest BCUT2D eigenvalue weighted by molar-refractivity contribution is -0.385. The average Bonchev–Trinajstić information content (AvgIpc) is 3.15. The third-order valence-corrected chi connectivity index (χ3v) is 4.55. The number of carbonyl (C=O) groups excluding carboxylic acids is 1. The summed E-state index contributed by atoms with van der Waals surface area (Å²) in [7, 11) is 0. The molecule has 29 heavy (non-hydrogen) atoms. The van der Waals surface area contributed by atoms with Gasteiger partial charge >= 0.3 is 5.97 Å². The van der Waals surface area contributed by atoms with E-state index in [4.69, 9.17) is 0 Å². The van der Waals surface area contributed by atoms with Crippen LogP contribution in [0.25, 0.3) is 11.3 Å². The number of aromatic nitrogens is 1. The van der Waals surface area contributed by atoms with Crippen molar-refractivity contribution in [3.63, 3.8) is 0 Å². The van der Waals surface area contributed by atoms with E-state index >= 15 is 0 Å². The number of carbonyl (C=O) groups is 2. The number of non-ortho nitro benzene ring substituents is 1. The Labute approximate surface area is 165 Å². The second kappa shape index (κ2) is 7.82. The topological polar surface area (TPSA) is 166 Å². The number of thiazole rings is 1. The van der Waals surface area contributed by atoms with E-state index in [0.29, 0.717) is 11.3 Å². The van der Waals surface area contributed by atoms with Crippen molar-refractivity contribution < 1.29 is 24.5 Å². The molecule has 0 unspecified atom stereocenters. The van der Waals surface area contributed by atoms with Crippen molar-refractivity contribution in [2.45, 2.75) is 0 Å². The van der Waals surface area contributed by atoms with Crippen LogP contribution in [-0.2, 0) is 0 Å². The van der Waals surface area contributed by atoms with Crippen molar-refractivity contribution in [1.29, 1.82) is 0 Å². The number of carboxylic acid groups (broad SMARTS) is 1. The van der Waals surface area contributed by atoms with Gasteiger partial charge in [0.15, 0.2) is 5.13 Å². The smallest absolute Gasteiger partial charge is 0.343 e. The lowest BCUT2D eigenvalue weighted by atomic mass is 10.0. The minimum Gasteiger partial charge on any atom is -0.477 e. The molecule has 3 aromatic rings. The van der Waals surface area contributed by atoms with Gasteiger partial charge in [-0.3, -0.25) is 30.3 Å². The van der Waals surface area contributed by atoms with Crippen molar-refractivity contribution in [2.75, 3.05) is 5.32 Å². The lowest BCUT2D eigenvalue weighted by Gasteiger charge is -2.06. The molecule has 0 bridgehead atoms. The fourth-order valence-electron chi connectivity index (χ4n) is 2.49. The number of hydrogen-bond donors (Lipinski definition) is 2. The van der Waals surface area contributed by atoms with Gasteiger partial charge in [0.25, 0.3) is 17.3 Å². The molecule has 1 amide bonds. The van der Waals surface area contributed by atoms with Crippen molar-refractivity contribution in [1.82, 2.24) is 4.98 Å². The Hall–Kier alpha value is -4.19. The number of anilines is 1. The van der Waals surface area contributed by atoms with Crippen LogP contribution in [0.1, 0.15) is 20.7 Å². The number of amides is 1. The van der Waals surface area contributed by atoms with Crippen molar-refractivity contribution >= 4 is 39.7 Å². The highest BCUT2D eigenvalue weighted by Gasteiger charge is 2.27. The number of nitrogens with one attached hydrogen (secondary N) is 1. The summed E-state index contributed by atoms with van der Waals surface area (Å²) in [5, 5.41) is 35.2. The maximum Gasteiger partial charge on any atom is 0.343 e. The predicted octanol–water partition coefficient (Wildman–Crippen LogP) is 3.58. The number of aromatic carboxylic acids is 1. The predicted molar refractivity (Wildman–Crippen MR) is 102 cm³/mol. The van der Waals surface area contributed by atoms with Gasteiger partial charge in [0, 0.05) is 29.1 Å². The molecule has 0 aliphatic rings. The van der Waals surface area contributed by atoms with Crippen LogP contribution in [0.3, 0.4) is 0 Å². The number of hydrogen-bond acceptors (Lipinski definition) is 8. The molecule has 11 nitrogen and oxygen atoms in total. The third-order valence-electron chi connectivity index (χ3n) is 3.80. The first-order chi connectivity index (χ1) is 13.8. The Balaban J connectivity index is 1.86. The molecule has 0 radical (unpaired) electrons.